The lowest BCUT2D eigenvalue weighted by Crippen LogP contribution is -1.89. The summed E-state index contributed by atoms with van der Waals surface area (Å²) in [7, 11) is 0. The Balaban J connectivity index is 0.000000194. The lowest BCUT2D eigenvalue weighted by molar-refractivity contribution is 0.463. The summed E-state index contributed by atoms with van der Waals surface area (Å²) >= 11 is 0. The minimum absolute atomic E-state index is 0.547. The van der Waals surface area contributed by atoms with Crippen molar-refractivity contribution < 1.29 is 4.74 Å². The van der Waals surface area contributed by atoms with Gasteiger partial charge in [0.2, 0.25) is 5.88 Å². The van der Waals surface area contributed by atoms with Crippen molar-refractivity contribution in [1.29, 1.82) is 0 Å². The zero-order chi connectivity index (χ0) is 14.9. The molecule has 2 aromatic carbocycles. The van der Waals surface area contributed by atoms with Gasteiger partial charge in [-0.2, -0.15) is 0 Å². The molecule has 106 valence electrons. The molecule has 0 saturated carbocycles. The maximum atomic E-state index is 5.50. The van der Waals surface area contributed by atoms with Crippen LogP contribution in [0.3, 0.4) is 0 Å². The van der Waals surface area contributed by atoms with Crippen LogP contribution in [0.4, 0.5) is 11.4 Å². The van der Waals surface area contributed by atoms with Crippen molar-refractivity contribution in [3.8, 4) is 11.6 Å². The maximum Gasteiger partial charge on any atom is 0.219 e. The van der Waals surface area contributed by atoms with Gasteiger partial charge in [0.05, 0.1) is 11.9 Å². The van der Waals surface area contributed by atoms with Gasteiger partial charge in [0.25, 0.3) is 0 Å². The molecule has 3 aromatic rings. The van der Waals surface area contributed by atoms with E-state index in [2.05, 4.69) is 4.98 Å². The SMILES string of the molecule is Nc1ccc(Oc2ccccc2)nc1.Nc1ccccc1. The van der Waals surface area contributed by atoms with Crippen molar-refractivity contribution >= 4 is 11.4 Å². The van der Waals surface area contributed by atoms with Crippen LogP contribution in [0.2, 0.25) is 0 Å². The van der Waals surface area contributed by atoms with E-state index in [0.29, 0.717) is 11.6 Å². The zero-order valence-corrected chi connectivity index (χ0v) is 11.5. The smallest absolute Gasteiger partial charge is 0.219 e. The molecule has 21 heavy (non-hydrogen) atoms. The molecule has 0 bridgehead atoms. The summed E-state index contributed by atoms with van der Waals surface area (Å²) < 4.78 is 5.47. The first-order chi connectivity index (χ1) is 10.2. The summed E-state index contributed by atoms with van der Waals surface area (Å²) in [5.74, 6) is 1.31. The molecule has 3 rings (SSSR count). The van der Waals surface area contributed by atoms with Crippen molar-refractivity contribution in [2.24, 2.45) is 0 Å². The van der Waals surface area contributed by atoms with Gasteiger partial charge in [0, 0.05) is 11.8 Å². The van der Waals surface area contributed by atoms with E-state index in [9.17, 15) is 0 Å². The number of nitrogen functional groups attached to an aromatic ring is 2. The Labute approximate surface area is 124 Å². The number of ether oxygens (including phenoxy) is 1. The molecule has 0 fully saturated rings. The lowest BCUT2D eigenvalue weighted by atomic mass is 10.3. The highest BCUT2D eigenvalue weighted by Gasteiger charge is 1.96. The van der Waals surface area contributed by atoms with Crippen LogP contribution in [-0.4, -0.2) is 4.98 Å². The van der Waals surface area contributed by atoms with Crippen LogP contribution < -0.4 is 16.2 Å². The van der Waals surface area contributed by atoms with Crippen LogP contribution >= 0.6 is 0 Å². The van der Waals surface area contributed by atoms with Gasteiger partial charge < -0.3 is 16.2 Å². The molecule has 4 heteroatoms. The van der Waals surface area contributed by atoms with Crippen LogP contribution in [0, 0.1) is 0 Å². The first kappa shape index (κ1) is 14.4. The fraction of sp³-hybridized carbons (Fsp3) is 0. The molecule has 0 aliphatic carbocycles. The molecule has 1 aromatic heterocycles. The number of nitrogens with two attached hydrogens (primary N) is 2. The second-order valence-corrected chi connectivity index (χ2v) is 4.26. The number of rotatable bonds is 2. The van der Waals surface area contributed by atoms with Crippen LogP contribution in [0.15, 0.2) is 79.0 Å². The molecule has 0 saturated heterocycles. The van der Waals surface area contributed by atoms with Crippen LogP contribution in [0.5, 0.6) is 11.6 Å². The monoisotopic (exact) mass is 279 g/mol. The second-order valence-electron chi connectivity index (χ2n) is 4.26. The lowest BCUT2D eigenvalue weighted by Gasteiger charge is -2.03. The largest absolute Gasteiger partial charge is 0.439 e. The summed E-state index contributed by atoms with van der Waals surface area (Å²) in [6.07, 6.45) is 1.57. The van der Waals surface area contributed by atoms with Gasteiger partial charge >= 0.3 is 0 Å². The fourth-order valence-corrected chi connectivity index (χ4v) is 1.51. The molecule has 0 unspecified atom stereocenters. The van der Waals surface area contributed by atoms with Crippen molar-refractivity contribution in [2.75, 3.05) is 11.5 Å². The zero-order valence-electron chi connectivity index (χ0n) is 11.5. The van der Waals surface area contributed by atoms with Crippen LogP contribution in [0.1, 0.15) is 0 Å². The predicted octanol–water partition coefficient (Wildman–Crippen LogP) is 3.72. The van der Waals surface area contributed by atoms with Gasteiger partial charge in [-0.25, -0.2) is 4.98 Å². The molecule has 0 atom stereocenters. The predicted molar refractivity (Wildman–Crippen MR) is 86.0 cm³/mol. The van der Waals surface area contributed by atoms with Crippen LogP contribution in [-0.2, 0) is 0 Å². The number of hydrogen-bond donors (Lipinski definition) is 2. The van der Waals surface area contributed by atoms with Gasteiger partial charge in [-0.05, 0) is 30.3 Å². The Morgan fingerprint density at radius 3 is 1.76 bits per heavy atom. The number of nitrogens with zero attached hydrogens (tertiary/aromatic N) is 1. The van der Waals surface area contributed by atoms with E-state index in [-0.39, 0.29) is 0 Å². The van der Waals surface area contributed by atoms with Crippen molar-refractivity contribution in [1.82, 2.24) is 4.98 Å². The molecule has 4 N–H and O–H groups in total. The molecule has 0 spiro atoms. The molecule has 0 amide bonds. The van der Waals surface area contributed by atoms with Gasteiger partial charge in [-0.1, -0.05) is 36.4 Å². The van der Waals surface area contributed by atoms with E-state index in [4.69, 9.17) is 16.2 Å². The number of aromatic nitrogens is 1. The van der Waals surface area contributed by atoms with Crippen molar-refractivity contribution in [3.05, 3.63) is 79.0 Å². The number of benzene rings is 2. The quantitative estimate of drug-likeness (QED) is 0.701. The first-order valence-electron chi connectivity index (χ1n) is 6.49. The van der Waals surface area contributed by atoms with Gasteiger partial charge in [0.15, 0.2) is 0 Å². The Morgan fingerprint density at radius 1 is 0.667 bits per heavy atom. The minimum Gasteiger partial charge on any atom is -0.439 e. The minimum atomic E-state index is 0.547. The van der Waals surface area contributed by atoms with Crippen LogP contribution in [0.25, 0.3) is 0 Å². The summed E-state index contributed by atoms with van der Waals surface area (Å²) in [6.45, 7) is 0. The normalized spacial score (nSPS) is 9.33. The summed E-state index contributed by atoms with van der Waals surface area (Å²) in [6, 6.07) is 22.5. The average molecular weight is 279 g/mol. The molecule has 0 aliphatic heterocycles. The second kappa shape index (κ2) is 7.55. The Bertz CT molecular complexity index is 640. The maximum absolute atomic E-state index is 5.50. The standard InChI is InChI=1S/C11H10N2O.C6H7N/c12-9-6-7-11(13-8-9)14-10-4-2-1-3-5-10;7-6-4-2-1-3-5-6/h1-8H,12H2;1-5H,7H2. The highest BCUT2D eigenvalue weighted by atomic mass is 16.5. The third-order valence-corrected chi connectivity index (χ3v) is 2.52. The highest BCUT2D eigenvalue weighted by molar-refractivity contribution is 5.37. The molecule has 0 radical (unpaired) electrons. The van der Waals surface area contributed by atoms with E-state index in [0.717, 1.165) is 11.4 Å². The summed E-state index contributed by atoms with van der Waals surface area (Å²) in [4.78, 5) is 4.03. The molecular weight excluding hydrogens is 262 g/mol. The summed E-state index contributed by atoms with van der Waals surface area (Å²) in [5, 5.41) is 0. The van der Waals surface area contributed by atoms with Crippen molar-refractivity contribution in [2.45, 2.75) is 0 Å². The third-order valence-electron chi connectivity index (χ3n) is 2.52. The number of para-hydroxylation sites is 2. The van der Waals surface area contributed by atoms with Gasteiger partial charge in [-0.15, -0.1) is 0 Å². The first-order valence-corrected chi connectivity index (χ1v) is 6.49. The number of hydrogen-bond acceptors (Lipinski definition) is 4. The topological polar surface area (TPSA) is 74.2 Å². The fourth-order valence-electron chi connectivity index (χ4n) is 1.51. The van der Waals surface area contributed by atoms with E-state index >= 15 is 0 Å². The molecular formula is C17H17N3O. The average Bonchev–Trinajstić information content (AvgIpc) is 2.52. The molecule has 4 nitrogen and oxygen atoms in total. The Hall–Kier alpha value is -3.01. The Kier molecular flexibility index (Phi) is 5.18. The summed E-state index contributed by atoms with van der Waals surface area (Å²) in [5.41, 5.74) is 12.3. The van der Waals surface area contributed by atoms with Gasteiger partial charge in [-0.3, -0.25) is 0 Å². The van der Waals surface area contributed by atoms with E-state index < -0.39 is 0 Å². The Morgan fingerprint density at radius 2 is 1.29 bits per heavy atom. The van der Waals surface area contributed by atoms with E-state index in [1.807, 2.05) is 60.7 Å². The van der Waals surface area contributed by atoms with E-state index in [1.165, 1.54) is 0 Å². The highest BCUT2D eigenvalue weighted by Crippen LogP contribution is 2.18. The van der Waals surface area contributed by atoms with E-state index in [1.54, 1.807) is 18.3 Å². The van der Waals surface area contributed by atoms with Gasteiger partial charge in [0.1, 0.15) is 5.75 Å². The third kappa shape index (κ3) is 5.24. The van der Waals surface area contributed by atoms with Crippen molar-refractivity contribution in [3.63, 3.8) is 0 Å². The molecule has 1 heterocycles. The number of anilines is 2. The number of pyridine rings is 1. The molecule has 0 aliphatic rings.